The average molecular weight is 388 g/mol. The van der Waals surface area contributed by atoms with Crippen molar-refractivity contribution in [2.45, 2.75) is 70.8 Å². The minimum atomic E-state index is 0.298. The Kier molecular flexibility index (Phi) is 10.3. The molecular formula is C17H29IN2. The summed E-state index contributed by atoms with van der Waals surface area (Å²) in [5.41, 5.74) is 4.26. The minimum Gasteiger partial charge on any atom is -0.271 e. The summed E-state index contributed by atoms with van der Waals surface area (Å²) < 4.78 is 1.27. The van der Waals surface area contributed by atoms with Crippen LogP contribution in [0.5, 0.6) is 0 Å². The lowest BCUT2D eigenvalue weighted by Crippen LogP contribution is -2.27. The number of hydrogen-bond donors (Lipinski definition) is 2. The van der Waals surface area contributed by atoms with Gasteiger partial charge in [-0.15, -0.1) is 0 Å². The van der Waals surface area contributed by atoms with Crippen LogP contribution in [0, 0.1) is 3.57 Å². The van der Waals surface area contributed by atoms with Gasteiger partial charge in [0.1, 0.15) is 0 Å². The molecule has 114 valence electrons. The fourth-order valence-electron chi connectivity index (χ4n) is 2.52. The molecule has 3 heteroatoms. The van der Waals surface area contributed by atoms with Crippen LogP contribution in [0.25, 0.3) is 0 Å². The normalized spacial score (nSPS) is 12.6. The third-order valence-electron chi connectivity index (χ3n) is 3.82. The molecule has 0 spiro atoms. The van der Waals surface area contributed by atoms with Crippen LogP contribution in [0.1, 0.15) is 76.3 Å². The van der Waals surface area contributed by atoms with Crippen LogP contribution in [0.15, 0.2) is 24.3 Å². The van der Waals surface area contributed by atoms with E-state index >= 15 is 0 Å². The predicted molar refractivity (Wildman–Crippen MR) is 96.5 cm³/mol. The van der Waals surface area contributed by atoms with Crippen molar-refractivity contribution in [2.24, 2.45) is 5.84 Å². The van der Waals surface area contributed by atoms with Crippen molar-refractivity contribution in [3.63, 3.8) is 0 Å². The van der Waals surface area contributed by atoms with Gasteiger partial charge in [-0.3, -0.25) is 11.3 Å². The highest BCUT2D eigenvalue weighted by Gasteiger charge is 2.08. The van der Waals surface area contributed by atoms with E-state index in [1.165, 1.54) is 60.5 Å². The van der Waals surface area contributed by atoms with Crippen molar-refractivity contribution in [3.8, 4) is 0 Å². The molecule has 0 amide bonds. The molecule has 0 bridgehead atoms. The molecule has 0 saturated heterocycles. The molecule has 2 nitrogen and oxygen atoms in total. The molecule has 0 saturated carbocycles. The van der Waals surface area contributed by atoms with E-state index in [4.69, 9.17) is 5.84 Å². The van der Waals surface area contributed by atoms with Gasteiger partial charge in [-0.25, -0.2) is 0 Å². The fourth-order valence-corrected chi connectivity index (χ4v) is 2.88. The van der Waals surface area contributed by atoms with Crippen molar-refractivity contribution in [1.82, 2.24) is 5.43 Å². The number of benzene rings is 1. The molecule has 1 rings (SSSR count). The number of rotatable bonds is 11. The van der Waals surface area contributed by atoms with Crippen LogP contribution < -0.4 is 11.3 Å². The second kappa shape index (κ2) is 11.5. The molecule has 1 unspecified atom stereocenters. The minimum absolute atomic E-state index is 0.298. The second-order valence-electron chi connectivity index (χ2n) is 5.53. The van der Waals surface area contributed by atoms with Gasteiger partial charge in [0.25, 0.3) is 0 Å². The van der Waals surface area contributed by atoms with Crippen LogP contribution in [-0.2, 0) is 0 Å². The first kappa shape index (κ1) is 17.9. The third-order valence-corrected chi connectivity index (χ3v) is 4.54. The van der Waals surface area contributed by atoms with Gasteiger partial charge in [0.05, 0.1) is 0 Å². The first-order valence-corrected chi connectivity index (χ1v) is 9.07. The standard InChI is InChI=1S/C17H29IN2/c1-2-3-4-5-6-7-8-9-10-17(20-19)15-11-13-16(18)14-12-15/h11-14,17,20H,2-10,19H2,1H3. The van der Waals surface area contributed by atoms with E-state index in [1.54, 1.807) is 0 Å². The van der Waals surface area contributed by atoms with Gasteiger partial charge in [0, 0.05) is 9.61 Å². The van der Waals surface area contributed by atoms with E-state index in [0.717, 1.165) is 6.42 Å². The second-order valence-corrected chi connectivity index (χ2v) is 6.78. The van der Waals surface area contributed by atoms with Crippen molar-refractivity contribution in [2.75, 3.05) is 0 Å². The maximum Gasteiger partial charge on any atom is 0.0460 e. The first-order valence-electron chi connectivity index (χ1n) is 7.99. The average Bonchev–Trinajstić information content (AvgIpc) is 2.47. The number of nitrogens with one attached hydrogen (secondary N) is 1. The number of hydrazine groups is 1. The maximum atomic E-state index is 5.69. The Balaban J connectivity index is 2.14. The highest BCUT2D eigenvalue weighted by molar-refractivity contribution is 14.1. The highest BCUT2D eigenvalue weighted by Crippen LogP contribution is 2.20. The van der Waals surface area contributed by atoms with Gasteiger partial charge in [-0.2, -0.15) is 0 Å². The summed E-state index contributed by atoms with van der Waals surface area (Å²) in [7, 11) is 0. The summed E-state index contributed by atoms with van der Waals surface area (Å²) in [5.74, 6) is 5.69. The van der Waals surface area contributed by atoms with Crippen LogP contribution >= 0.6 is 22.6 Å². The predicted octanol–water partition coefficient (Wildman–Crippen LogP) is 5.33. The van der Waals surface area contributed by atoms with Crippen LogP contribution in [0.2, 0.25) is 0 Å². The monoisotopic (exact) mass is 388 g/mol. The van der Waals surface area contributed by atoms with E-state index in [0.29, 0.717) is 6.04 Å². The summed E-state index contributed by atoms with van der Waals surface area (Å²) in [6.07, 6.45) is 12.0. The molecule has 20 heavy (non-hydrogen) atoms. The Hall–Kier alpha value is -0.130. The number of halogens is 1. The van der Waals surface area contributed by atoms with Crippen LogP contribution in [-0.4, -0.2) is 0 Å². The zero-order chi connectivity index (χ0) is 14.6. The Bertz CT molecular complexity index is 337. The lowest BCUT2D eigenvalue weighted by molar-refractivity contribution is 0.475. The van der Waals surface area contributed by atoms with E-state index < -0.39 is 0 Å². The maximum absolute atomic E-state index is 5.69. The van der Waals surface area contributed by atoms with Gasteiger partial charge < -0.3 is 0 Å². The van der Waals surface area contributed by atoms with Crippen molar-refractivity contribution in [3.05, 3.63) is 33.4 Å². The van der Waals surface area contributed by atoms with Crippen molar-refractivity contribution in [1.29, 1.82) is 0 Å². The summed E-state index contributed by atoms with van der Waals surface area (Å²) >= 11 is 2.33. The fraction of sp³-hybridized carbons (Fsp3) is 0.647. The SMILES string of the molecule is CCCCCCCCCCC(NN)c1ccc(I)cc1. The topological polar surface area (TPSA) is 38.0 Å². The lowest BCUT2D eigenvalue weighted by atomic mass is 10.00. The molecule has 1 aromatic rings. The Labute approximate surface area is 138 Å². The van der Waals surface area contributed by atoms with E-state index in [1.807, 2.05) is 0 Å². The summed E-state index contributed by atoms with van der Waals surface area (Å²) in [6, 6.07) is 8.95. The quantitative estimate of drug-likeness (QED) is 0.233. The first-order chi connectivity index (χ1) is 9.77. The molecule has 0 heterocycles. The number of unbranched alkanes of at least 4 members (excludes halogenated alkanes) is 7. The summed E-state index contributed by atoms with van der Waals surface area (Å²) in [4.78, 5) is 0. The molecule has 1 aromatic carbocycles. The zero-order valence-electron chi connectivity index (χ0n) is 12.7. The zero-order valence-corrected chi connectivity index (χ0v) is 14.9. The smallest absolute Gasteiger partial charge is 0.0460 e. The Morgan fingerprint density at radius 1 is 0.950 bits per heavy atom. The molecule has 0 fully saturated rings. The summed E-state index contributed by atoms with van der Waals surface area (Å²) in [6.45, 7) is 2.27. The van der Waals surface area contributed by atoms with Gasteiger partial charge in [0.2, 0.25) is 0 Å². The van der Waals surface area contributed by atoms with Gasteiger partial charge >= 0.3 is 0 Å². The lowest BCUT2D eigenvalue weighted by Gasteiger charge is -2.16. The largest absolute Gasteiger partial charge is 0.271 e. The molecular weight excluding hydrogens is 359 g/mol. The number of nitrogens with two attached hydrogens (primary N) is 1. The molecule has 1 atom stereocenters. The van der Waals surface area contributed by atoms with E-state index in [-0.39, 0.29) is 0 Å². The van der Waals surface area contributed by atoms with Gasteiger partial charge in [-0.1, -0.05) is 70.4 Å². The molecule has 0 aliphatic rings. The Morgan fingerprint density at radius 2 is 1.50 bits per heavy atom. The van der Waals surface area contributed by atoms with Crippen LogP contribution in [0.3, 0.4) is 0 Å². The molecule has 0 radical (unpaired) electrons. The molecule has 0 aromatic heterocycles. The number of hydrogen-bond acceptors (Lipinski definition) is 2. The highest BCUT2D eigenvalue weighted by atomic mass is 127. The van der Waals surface area contributed by atoms with Gasteiger partial charge in [0.15, 0.2) is 0 Å². The van der Waals surface area contributed by atoms with E-state index in [2.05, 4.69) is 59.2 Å². The molecule has 0 aliphatic heterocycles. The van der Waals surface area contributed by atoms with Crippen LogP contribution in [0.4, 0.5) is 0 Å². The summed E-state index contributed by atoms with van der Waals surface area (Å²) in [5, 5.41) is 0. The molecule has 0 aliphatic carbocycles. The molecule has 3 N–H and O–H groups in total. The van der Waals surface area contributed by atoms with Crippen molar-refractivity contribution >= 4 is 22.6 Å². The van der Waals surface area contributed by atoms with Gasteiger partial charge in [-0.05, 0) is 46.7 Å². The Morgan fingerprint density at radius 3 is 2.05 bits per heavy atom. The third kappa shape index (κ3) is 7.60. The van der Waals surface area contributed by atoms with E-state index in [9.17, 15) is 0 Å². The van der Waals surface area contributed by atoms with Crippen molar-refractivity contribution < 1.29 is 0 Å².